The molecule has 2 rings (SSSR count). The Morgan fingerprint density at radius 2 is 2.28 bits per heavy atom. The zero-order valence-electron chi connectivity index (χ0n) is 9.63. The number of pyridine rings is 1. The second-order valence-corrected chi connectivity index (χ2v) is 6.18. The predicted molar refractivity (Wildman–Crippen MR) is 62.9 cm³/mol. The molecule has 0 radical (unpaired) electrons. The molecule has 0 bridgehead atoms. The zero-order valence-corrected chi connectivity index (χ0v) is 10.4. The largest absolute Gasteiger partial charge is 0.396 e. The third-order valence-corrected chi connectivity index (χ3v) is 4.53. The summed E-state index contributed by atoms with van der Waals surface area (Å²) in [5, 5.41) is 17.9. The van der Waals surface area contributed by atoms with Gasteiger partial charge in [-0.05, 0) is 25.0 Å². The second-order valence-electron chi connectivity index (χ2n) is 4.44. The van der Waals surface area contributed by atoms with Crippen LogP contribution < -0.4 is 4.72 Å². The maximum absolute atomic E-state index is 12.0. The number of sulfonamides is 1. The summed E-state index contributed by atoms with van der Waals surface area (Å²) in [6.07, 6.45) is 2.99. The van der Waals surface area contributed by atoms with Gasteiger partial charge < -0.3 is 5.11 Å². The molecular weight excluding hydrogens is 254 g/mol. The Bertz CT molecular complexity index is 588. The van der Waals surface area contributed by atoms with Crippen molar-refractivity contribution in [3.05, 3.63) is 24.0 Å². The van der Waals surface area contributed by atoms with E-state index in [1.165, 1.54) is 18.3 Å². The van der Waals surface area contributed by atoms with E-state index in [0.29, 0.717) is 0 Å². The fourth-order valence-corrected chi connectivity index (χ4v) is 2.85. The van der Waals surface area contributed by atoms with Gasteiger partial charge in [-0.3, -0.25) is 0 Å². The van der Waals surface area contributed by atoms with Gasteiger partial charge in [-0.15, -0.1) is 0 Å². The molecule has 1 heterocycles. The fraction of sp³-hybridized carbons (Fsp3) is 0.455. The molecule has 18 heavy (non-hydrogen) atoms. The number of aliphatic hydroxyl groups is 1. The summed E-state index contributed by atoms with van der Waals surface area (Å²) in [7, 11) is -3.75. The molecule has 1 aromatic heterocycles. The first-order valence-corrected chi connectivity index (χ1v) is 6.97. The SMILES string of the molecule is N#Cc1ncccc1S(=O)(=O)NCC1(CO)CC1. The smallest absolute Gasteiger partial charge is 0.243 e. The molecular formula is C11H13N3O3S. The molecule has 0 spiro atoms. The third kappa shape index (κ3) is 2.51. The minimum absolute atomic E-state index is 0.0341. The van der Waals surface area contributed by atoms with Crippen LogP contribution in [-0.4, -0.2) is 31.7 Å². The molecule has 0 atom stereocenters. The maximum atomic E-state index is 12.0. The van der Waals surface area contributed by atoms with E-state index >= 15 is 0 Å². The van der Waals surface area contributed by atoms with Crippen LogP contribution in [0.3, 0.4) is 0 Å². The number of aromatic nitrogens is 1. The molecule has 1 saturated carbocycles. The molecule has 1 fully saturated rings. The molecule has 96 valence electrons. The van der Waals surface area contributed by atoms with Gasteiger partial charge in [0, 0.05) is 24.8 Å². The van der Waals surface area contributed by atoms with Crippen molar-refractivity contribution in [1.82, 2.24) is 9.71 Å². The fourth-order valence-electron chi connectivity index (χ4n) is 1.58. The lowest BCUT2D eigenvalue weighted by Crippen LogP contribution is -2.32. The van der Waals surface area contributed by atoms with Gasteiger partial charge in [0.25, 0.3) is 0 Å². The van der Waals surface area contributed by atoms with Gasteiger partial charge in [0.05, 0.1) is 0 Å². The van der Waals surface area contributed by atoms with E-state index in [4.69, 9.17) is 10.4 Å². The number of nitrogens with one attached hydrogen (secondary N) is 1. The van der Waals surface area contributed by atoms with Crippen LogP contribution in [0.25, 0.3) is 0 Å². The van der Waals surface area contributed by atoms with Crippen molar-refractivity contribution in [2.45, 2.75) is 17.7 Å². The number of aliphatic hydroxyl groups excluding tert-OH is 1. The highest BCUT2D eigenvalue weighted by Crippen LogP contribution is 2.44. The Hall–Kier alpha value is -1.49. The first-order chi connectivity index (χ1) is 8.53. The predicted octanol–water partition coefficient (Wildman–Crippen LogP) is 0.00408. The first kappa shape index (κ1) is 13.0. The lowest BCUT2D eigenvalue weighted by atomic mass is 10.1. The lowest BCUT2D eigenvalue weighted by molar-refractivity contribution is 0.213. The molecule has 0 aromatic carbocycles. The van der Waals surface area contributed by atoms with Gasteiger partial charge in [0.2, 0.25) is 10.0 Å². The number of nitrogens with zero attached hydrogens (tertiary/aromatic N) is 2. The number of hydrogen-bond acceptors (Lipinski definition) is 5. The average Bonchev–Trinajstić information content (AvgIpc) is 3.17. The zero-order chi connectivity index (χ0) is 13.2. The number of hydrogen-bond donors (Lipinski definition) is 2. The topological polar surface area (TPSA) is 103 Å². The summed E-state index contributed by atoms with van der Waals surface area (Å²) < 4.78 is 26.5. The molecule has 6 nitrogen and oxygen atoms in total. The van der Waals surface area contributed by atoms with E-state index in [0.717, 1.165) is 12.8 Å². The quantitative estimate of drug-likeness (QED) is 0.782. The van der Waals surface area contributed by atoms with E-state index < -0.39 is 10.0 Å². The molecule has 7 heteroatoms. The maximum Gasteiger partial charge on any atom is 0.243 e. The van der Waals surface area contributed by atoms with E-state index in [2.05, 4.69) is 9.71 Å². The van der Waals surface area contributed by atoms with E-state index in [1.807, 2.05) is 0 Å². The van der Waals surface area contributed by atoms with Crippen LogP contribution in [-0.2, 0) is 10.0 Å². The van der Waals surface area contributed by atoms with Gasteiger partial charge in [0.15, 0.2) is 5.69 Å². The highest BCUT2D eigenvalue weighted by Gasteiger charge is 2.42. The highest BCUT2D eigenvalue weighted by molar-refractivity contribution is 7.89. The molecule has 1 aliphatic rings. The molecule has 0 saturated heterocycles. The Morgan fingerprint density at radius 3 is 2.83 bits per heavy atom. The van der Waals surface area contributed by atoms with E-state index in [-0.39, 0.29) is 29.2 Å². The van der Waals surface area contributed by atoms with Crippen molar-refractivity contribution in [2.75, 3.05) is 13.2 Å². The standard InChI is InChI=1S/C11H13N3O3S/c12-6-9-10(2-1-5-13-9)18(16,17)14-7-11(8-15)3-4-11/h1-2,5,14-15H,3-4,7-8H2. The monoisotopic (exact) mass is 267 g/mol. The Balaban J connectivity index is 2.19. The Kier molecular flexibility index (Phi) is 3.34. The summed E-state index contributed by atoms with van der Waals surface area (Å²) in [6.45, 7) is 0.152. The molecule has 1 aromatic rings. The normalized spacial score (nSPS) is 17.1. The van der Waals surface area contributed by atoms with Crippen molar-refractivity contribution in [3.8, 4) is 6.07 Å². The molecule has 0 unspecified atom stereocenters. The first-order valence-electron chi connectivity index (χ1n) is 5.49. The second kappa shape index (κ2) is 4.65. The van der Waals surface area contributed by atoms with Crippen LogP contribution in [0.15, 0.2) is 23.2 Å². The van der Waals surface area contributed by atoms with Crippen LogP contribution in [0, 0.1) is 16.7 Å². The van der Waals surface area contributed by atoms with E-state index in [9.17, 15) is 8.42 Å². The van der Waals surface area contributed by atoms with Crippen molar-refractivity contribution in [3.63, 3.8) is 0 Å². The average molecular weight is 267 g/mol. The van der Waals surface area contributed by atoms with Crippen LogP contribution in [0.4, 0.5) is 0 Å². The summed E-state index contributed by atoms with van der Waals surface area (Å²) in [5.74, 6) is 0. The van der Waals surface area contributed by atoms with Crippen molar-refractivity contribution < 1.29 is 13.5 Å². The molecule has 2 N–H and O–H groups in total. The van der Waals surface area contributed by atoms with E-state index in [1.54, 1.807) is 6.07 Å². The third-order valence-electron chi connectivity index (χ3n) is 3.10. The highest BCUT2D eigenvalue weighted by atomic mass is 32.2. The minimum atomic E-state index is -3.75. The number of rotatable bonds is 5. The van der Waals surface area contributed by atoms with Crippen LogP contribution in [0.2, 0.25) is 0 Å². The Morgan fingerprint density at radius 1 is 1.56 bits per heavy atom. The summed E-state index contributed by atoms with van der Waals surface area (Å²) >= 11 is 0. The lowest BCUT2D eigenvalue weighted by Gasteiger charge is -2.13. The summed E-state index contributed by atoms with van der Waals surface area (Å²) in [6, 6.07) is 4.56. The van der Waals surface area contributed by atoms with Crippen LogP contribution >= 0.6 is 0 Å². The molecule has 0 aliphatic heterocycles. The van der Waals surface area contributed by atoms with Crippen molar-refractivity contribution >= 4 is 10.0 Å². The Labute approximate surface area is 105 Å². The van der Waals surface area contributed by atoms with Gasteiger partial charge in [-0.25, -0.2) is 18.1 Å². The molecule has 0 amide bonds. The summed E-state index contributed by atoms with van der Waals surface area (Å²) in [5.41, 5.74) is -0.443. The van der Waals surface area contributed by atoms with Gasteiger partial charge in [-0.2, -0.15) is 5.26 Å². The van der Waals surface area contributed by atoms with Gasteiger partial charge >= 0.3 is 0 Å². The number of nitriles is 1. The van der Waals surface area contributed by atoms with Gasteiger partial charge in [0.1, 0.15) is 11.0 Å². The van der Waals surface area contributed by atoms with Crippen LogP contribution in [0.1, 0.15) is 18.5 Å². The van der Waals surface area contributed by atoms with Crippen molar-refractivity contribution in [2.24, 2.45) is 5.41 Å². The summed E-state index contributed by atoms with van der Waals surface area (Å²) in [4.78, 5) is 3.59. The van der Waals surface area contributed by atoms with Crippen molar-refractivity contribution in [1.29, 1.82) is 5.26 Å². The van der Waals surface area contributed by atoms with Crippen LogP contribution in [0.5, 0.6) is 0 Å². The van der Waals surface area contributed by atoms with Gasteiger partial charge in [-0.1, -0.05) is 0 Å². The minimum Gasteiger partial charge on any atom is -0.396 e. The molecule has 1 aliphatic carbocycles.